The van der Waals surface area contributed by atoms with Gasteiger partial charge in [-0.05, 0) is 30.5 Å². The van der Waals surface area contributed by atoms with Crippen molar-refractivity contribution in [2.75, 3.05) is 6.26 Å². The van der Waals surface area contributed by atoms with Crippen LogP contribution in [0.5, 0.6) is 0 Å². The van der Waals surface area contributed by atoms with Crippen molar-refractivity contribution in [2.45, 2.75) is 4.90 Å². The fourth-order valence-electron chi connectivity index (χ4n) is 0.519. The second-order valence-electron chi connectivity index (χ2n) is 1.58. The Balaban J connectivity index is 2.88. The predicted molar refractivity (Wildman–Crippen MR) is 37.0 cm³/mol. The molecule has 0 fully saturated rings. The van der Waals surface area contributed by atoms with E-state index in [2.05, 4.69) is 6.07 Å². The second kappa shape index (κ2) is 2.87. The maximum atomic E-state index is 12.2. The lowest BCUT2D eigenvalue weighted by Crippen LogP contribution is -1.72. The van der Waals surface area contributed by atoms with Gasteiger partial charge in [0, 0.05) is 4.90 Å². The number of thioether (sulfide) groups is 1. The molecule has 0 spiro atoms. The van der Waals surface area contributed by atoms with E-state index in [9.17, 15) is 4.39 Å². The van der Waals surface area contributed by atoms with Crippen LogP contribution in [0.3, 0.4) is 0 Å². The Morgan fingerprint density at radius 3 is 2.78 bits per heavy atom. The summed E-state index contributed by atoms with van der Waals surface area (Å²) in [5.74, 6) is -0.229. The summed E-state index contributed by atoms with van der Waals surface area (Å²) in [5.41, 5.74) is 0. The third-order valence-corrected chi connectivity index (χ3v) is 1.66. The Morgan fingerprint density at radius 1 is 1.56 bits per heavy atom. The van der Waals surface area contributed by atoms with E-state index >= 15 is 0 Å². The van der Waals surface area contributed by atoms with Crippen LogP contribution in [-0.4, -0.2) is 6.26 Å². The molecule has 0 aliphatic carbocycles. The number of benzene rings is 1. The monoisotopic (exact) mass is 141 g/mol. The first-order valence-corrected chi connectivity index (χ1v) is 3.76. The molecule has 0 N–H and O–H groups in total. The molecule has 0 atom stereocenters. The lowest BCUT2D eigenvalue weighted by atomic mass is 10.4. The van der Waals surface area contributed by atoms with E-state index in [0.717, 1.165) is 4.90 Å². The second-order valence-corrected chi connectivity index (χ2v) is 2.42. The van der Waals surface area contributed by atoms with Gasteiger partial charge in [0.2, 0.25) is 0 Å². The fraction of sp³-hybridized carbons (Fsp3) is 0.143. The van der Waals surface area contributed by atoms with Gasteiger partial charge in [0.25, 0.3) is 0 Å². The topological polar surface area (TPSA) is 0 Å². The lowest BCUT2D eigenvalue weighted by molar-refractivity contribution is 0.626. The maximum Gasteiger partial charge on any atom is 0.123 e. The molecule has 0 amide bonds. The van der Waals surface area contributed by atoms with Crippen LogP contribution in [0.25, 0.3) is 0 Å². The van der Waals surface area contributed by atoms with E-state index in [1.54, 1.807) is 17.8 Å². The minimum atomic E-state index is -0.229. The molecule has 1 radical (unpaired) electrons. The molecule has 0 saturated carbocycles. The van der Waals surface area contributed by atoms with Crippen LogP contribution in [0.15, 0.2) is 23.1 Å². The van der Waals surface area contributed by atoms with Gasteiger partial charge in [0.05, 0.1) is 0 Å². The highest BCUT2D eigenvalue weighted by Crippen LogP contribution is 2.12. The van der Waals surface area contributed by atoms with Crippen LogP contribution < -0.4 is 0 Å². The Morgan fingerprint density at radius 2 is 2.33 bits per heavy atom. The van der Waals surface area contributed by atoms with Crippen molar-refractivity contribution in [3.63, 3.8) is 0 Å². The normalized spacial score (nSPS) is 9.56. The summed E-state index contributed by atoms with van der Waals surface area (Å²) in [6.45, 7) is 0. The largest absolute Gasteiger partial charge is 0.207 e. The van der Waals surface area contributed by atoms with Gasteiger partial charge in [-0.2, -0.15) is 0 Å². The molecule has 47 valence electrons. The van der Waals surface area contributed by atoms with Crippen LogP contribution in [0.1, 0.15) is 0 Å². The van der Waals surface area contributed by atoms with E-state index in [-0.39, 0.29) is 5.82 Å². The lowest BCUT2D eigenvalue weighted by Gasteiger charge is -1.91. The molecule has 0 aliphatic rings. The van der Waals surface area contributed by atoms with Crippen LogP contribution in [0.2, 0.25) is 0 Å². The van der Waals surface area contributed by atoms with Crippen LogP contribution >= 0.6 is 11.8 Å². The summed E-state index contributed by atoms with van der Waals surface area (Å²) in [6, 6.07) is 7.25. The molecule has 1 aromatic rings. The zero-order chi connectivity index (χ0) is 6.69. The highest BCUT2D eigenvalue weighted by molar-refractivity contribution is 7.98. The third-order valence-electron chi connectivity index (χ3n) is 0.966. The van der Waals surface area contributed by atoms with E-state index in [1.165, 1.54) is 12.1 Å². The van der Waals surface area contributed by atoms with Gasteiger partial charge in [-0.1, -0.05) is 0 Å². The SMILES string of the molecule is CSc1[c]cc(F)cc1. The van der Waals surface area contributed by atoms with Crippen LogP contribution in [-0.2, 0) is 0 Å². The van der Waals surface area contributed by atoms with Crippen molar-refractivity contribution < 1.29 is 4.39 Å². The maximum absolute atomic E-state index is 12.2. The summed E-state index contributed by atoms with van der Waals surface area (Å²) in [5, 5.41) is 0. The van der Waals surface area contributed by atoms with E-state index < -0.39 is 0 Å². The molecule has 0 aromatic heterocycles. The quantitative estimate of drug-likeness (QED) is 0.541. The van der Waals surface area contributed by atoms with Gasteiger partial charge in [0.1, 0.15) is 5.82 Å². The summed E-state index contributed by atoms with van der Waals surface area (Å²) in [7, 11) is 0. The summed E-state index contributed by atoms with van der Waals surface area (Å²) >= 11 is 1.56. The van der Waals surface area contributed by atoms with E-state index in [1.807, 2.05) is 6.26 Å². The predicted octanol–water partition coefficient (Wildman–Crippen LogP) is 2.35. The van der Waals surface area contributed by atoms with Crippen LogP contribution in [0.4, 0.5) is 4.39 Å². The molecular weight excluding hydrogens is 135 g/mol. The Kier molecular flexibility index (Phi) is 2.11. The highest BCUT2D eigenvalue weighted by Gasteiger charge is 1.88. The molecule has 9 heavy (non-hydrogen) atoms. The fourth-order valence-corrected chi connectivity index (χ4v) is 0.899. The van der Waals surface area contributed by atoms with Gasteiger partial charge in [0.15, 0.2) is 0 Å². The Hall–Kier alpha value is -0.500. The van der Waals surface area contributed by atoms with Gasteiger partial charge in [-0.25, -0.2) is 4.39 Å². The molecular formula is C7H6FS. The zero-order valence-electron chi connectivity index (χ0n) is 5.02. The smallest absolute Gasteiger partial charge is 0.123 e. The Labute approximate surface area is 58.1 Å². The van der Waals surface area contributed by atoms with Crippen LogP contribution in [0, 0.1) is 11.9 Å². The van der Waals surface area contributed by atoms with E-state index in [0.29, 0.717) is 0 Å². The van der Waals surface area contributed by atoms with Crippen molar-refractivity contribution in [1.29, 1.82) is 0 Å². The molecule has 0 unspecified atom stereocenters. The van der Waals surface area contributed by atoms with Gasteiger partial charge in [-0.3, -0.25) is 0 Å². The molecule has 1 aromatic carbocycles. The molecule has 0 bridgehead atoms. The zero-order valence-corrected chi connectivity index (χ0v) is 5.83. The first-order chi connectivity index (χ1) is 4.33. The average molecular weight is 141 g/mol. The van der Waals surface area contributed by atoms with Crippen molar-refractivity contribution >= 4 is 11.8 Å². The number of rotatable bonds is 1. The van der Waals surface area contributed by atoms with Gasteiger partial charge in [-0.15, -0.1) is 11.8 Å². The standard InChI is InChI=1S/C7H6FS/c1-9-7-4-2-6(8)3-5-7/h2-4H,1H3. The minimum absolute atomic E-state index is 0.229. The first kappa shape index (κ1) is 6.62. The minimum Gasteiger partial charge on any atom is -0.207 e. The van der Waals surface area contributed by atoms with Crippen molar-refractivity contribution in [1.82, 2.24) is 0 Å². The third kappa shape index (κ3) is 1.72. The summed E-state index contributed by atoms with van der Waals surface area (Å²) in [4.78, 5) is 0.969. The number of halogens is 1. The highest BCUT2D eigenvalue weighted by atomic mass is 32.2. The Bertz CT molecular complexity index is 181. The summed E-state index contributed by atoms with van der Waals surface area (Å²) in [6.07, 6.45) is 1.93. The molecule has 2 heteroatoms. The molecule has 1 rings (SSSR count). The van der Waals surface area contributed by atoms with Gasteiger partial charge < -0.3 is 0 Å². The van der Waals surface area contributed by atoms with Gasteiger partial charge >= 0.3 is 0 Å². The van der Waals surface area contributed by atoms with Crippen molar-refractivity contribution in [3.05, 3.63) is 30.1 Å². The molecule has 0 saturated heterocycles. The molecule has 0 heterocycles. The summed E-state index contributed by atoms with van der Waals surface area (Å²) < 4.78 is 12.2. The molecule has 0 aliphatic heterocycles. The van der Waals surface area contributed by atoms with Crippen molar-refractivity contribution in [2.24, 2.45) is 0 Å². The number of hydrogen-bond acceptors (Lipinski definition) is 1. The average Bonchev–Trinajstić information content (AvgIpc) is 1.90. The van der Waals surface area contributed by atoms with E-state index in [4.69, 9.17) is 0 Å². The number of hydrogen-bond donors (Lipinski definition) is 0. The van der Waals surface area contributed by atoms with Crippen molar-refractivity contribution in [3.8, 4) is 0 Å². The first-order valence-electron chi connectivity index (χ1n) is 2.54. The molecule has 0 nitrogen and oxygen atoms in total.